The lowest BCUT2D eigenvalue weighted by Crippen LogP contribution is -2.48. The SMILES string of the molecule is CN1C(=O)NC(=O)[C@]12Cc1ccc(NC(=O)CN3CCC[C@H](C4C=CC=CC4)C3=O)cc1C2. The Bertz CT molecular complexity index is 1090. The van der Waals surface area contributed by atoms with E-state index in [-0.39, 0.29) is 42.1 Å². The fourth-order valence-corrected chi connectivity index (χ4v) is 5.57. The van der Waals surface area contributed by atoms with E-state index in [0.717, 1.165) is 30.4 Å². The first-order chi connectivity index (χ1) is 15.9. The Morgan fingerprint density at radius 2 is 2.00 bits per heavy atom. The van der Waals surface area contributed by atoms with Crippen molar-refractivity contribution in [3.05, 3.63) is 53.6 Å². The van der Waals surface area contributed by atoms with Gasteiger partial charge in [-0.25, -0.2) is 4.79 Å². The van der Waals surface area contributed by atoms with E-state index in [1.165, 1.54) is 4.90 Å². The molecule has 172 valence electrons. The number of imide groups is 1. The average Bonchev–Trinajstić information content (AvgIpc) is 3.29. The first-order valence-electron chi connectivity index (χ1n) is 11.5. The molecule has 4 aliphatic rings. The molecule has 1 aromatic rings. The zero-order valence-electron chi connectivity index (χ0n) is 18.7. The Labute approximate surface area is 192 Å². The molecule has 8 nitrogen and oxygen atoms in total. The van der Waals surface area contributed by atoms with E-state index in [4.69, 9.17) is 0 Å². The number of amides is 5. The van der Waals surface area contributed by atoms with E-state index in [2.05, 4.69) is 22.8 Å². The minimum absolute atomic E-state index is 0.0300. The summed E-state index contributed by atoms with van der Waals surface area (Å²) in [4.78, 5) is 53.3. The highest BCUT2D eigenvalue weighted by Gasteiger charge is 2.54. The summed E-state index contributed by atoms with van der Waals surface area (Å²) in [6.45, 7) is 0.624. The summed E-state index contributed by atoms with van der Waals surface area (Å²) < 4.78 is 0. The molecule has 3 atom stereocenters. The van der Waals surface area contributed by atoms with Gasteiger partial charge in [-0.15, -0.1) is 0 Å². The number of nitrogens with one attached hydrogen (secondary N) is 2. The van der Waals surface area contributed by atoms with Crippen LogP contribution in [0, 0.1) is 11.8 Å². The zero-order chi connectivity index (χ0) is 23.2. The molecule has 1 spiro atoms. The number of benzene rings is 1. The van der Waals surface area contributed by atoms with Crippen molar-refractivity contribution in [1.29, 1.82) is 0 Å². The first kappa shape index (κ1) is 21.4. The summed E-state index contributed by atoms with van der Waals surface area (Å²) in [5.41, 5.74) is 1.67. The van der Waals surface area contributed by atoms with Crippen LogP contribution < -0.4 is 10.6 Å². The van der Waals surface area contributed by atoms with Gasteiger partial charge in [-0.1, -0.05) is 30.4 Å². The molecule has 1 aromatic carbocycles. The highest BCUT2D eigenvalue weighted by Crippen LogP contribution is 2.38. The lowest BCUT2D eigenvalue weighted by Gasteiger charge is -2.35. The van der Waals surface area contributed by atoms with Gasteiger partial charge >= 0.3 is 6.03 Å². The first-order valence-corrected chi connectivity index (χ1v) is 11.5. The number of likely N-dealkylation sites (N-methyl/N-ethyl adjacent to an activating group) is 1. The minimum Gasteiger partial charge on any atom is -0.333 e. The molecule has 2 saturated heterocycles. The number of urea groups is 1. The summed E-state index contributed by atoms with van der Waals surface area (Å²) in [7, 11) is 1.64. The van der Waals surface area contributed by atoms with Crippen molar-refractivity contribution >= 4 is 29.4 Å². The Kier molecular flexibility index (Phi) is 5.31. The molecule has 5 amide bonds. The maximum Gasteiger partial charge on any atom is 0.324 e. The van der Waals surface area contributed by atoms with Gasteiger partial charge in [-0.2, -0.15) is 0 Å². The molecule has 33 heavy (non-hydrogen) atoms. The van der Waals surface area contributed by atoms with Crippen molar-refractivity contribution in [3.63, 3.8) is 0 Å². The van der Waals surface area contributed by atoms with Gasteiger partial charge < -0.3 is 15.1 Å². The third kappa shape index (κ3) is 3.73. The topological polar surface area (TPSA) is 98.8 Å². The number of hydrogen-bond donors (Lipinski definition) is 2. The molecule has 2 fully saturated rings. The van der Waals surface area contributed by atoms with Crippen molar-refractivity contribution in [1.82, 2.24) is 15.1 Å². The molecule has 2 heterocycles. The Morgan fingerprint density at radius 1 is 1.18 bits per heavy atom. The second kappa shape index (κ2) is 8.17. The smallest absolute Gasteiger partial charge is 0.324 e. The van der Waals surface area contributed by atoms with Crippen LogP contribution in [0.15, 0.2) is 42.5 Å². The fourth-order valence-electron chi connectivity index (χ4n) is 5.57. The number of nitrogens with zero attached hydrogens (tertiary/aromatic N) is 2. The predicted molar refractivity (Wildman–Crippen MR) is 122 cm³/mol. The highest BCUT2D eigenvalue weighted by molar-refractivity contribution is 6.07. The summed E-state index contributed by atoms with van der Waals surface area (Å²) in [6.07, 6.45) is 11.7. The van der Waals surface area contributed by atoms with Crippen molar-refractivity contribution in [3.8, 4) is 0 Å². The number of fused-ring (bicyclic) bond motifs is 1. The van der Waals surface area contributed by atoms with Crippen LogP contribution in [0.2, 0.25) is 0 Å². The number of piperidine rings is 1. The fraction of sp³-hybridized carbons (Fsp3) is 0.440. The van der Waals surface area contributed by atoms with Crippen LogP contribution in [0.1, 0.15) is 30.4 Å². The number of allylic oxidation sites excluding steroid dienone is 4. The van der Waals surface area contributed by atoms with Crippen LogP contribution in [-0.2, 0) is 27.2 Å². The van der Waals surface area contributed by atoms with E-state index < -0.39 is 5.54 Å². The monoisotopic (exact) mass is 448 g/mol. The second-order valence-corrected chi connectivity index (χ2v) is 9.46. The molecule has 0 saturated carbocycles. The maximum atomic E-state index is 13.0. The Morgan fingerprint density at radius 3 is 2.73 bits per heavy atom. The lowest BCUT2D eigenvalue weighted by atomic mass is 9.81. The van der Waals surface area contributed by atoms with E-state index in [1.54, 1.807) is 11.9 Å². The van der Waals surface area contributed by atoms with E-state index in [1.807, 2.05) is 30.4 Å². The molecule has 5 rings (SSSR count). The van der Waals surface area contributed by atoms with E-state index in [0.29, 0.717) is 25.1 Å². The number of likely N-dealkylation sites (tertiary alicyclic amines) is 1. The van der Waals surface area contributed by atoms with Crippen molar-refractivity contribution in [2.24, 2.45) is 11.8 Å². The molecule has 2 aliphatic carbocycles. The molecule has 8 heteroatoms. The standard InChI is InChI=1S/C25H28N4O4/c1-28-24(33)27-23(32)25(28)13-17-9-10-19(12-18(17)14-25)26-21(30)15-29-11-5-8-20(22(29)31)16-6-3-2-4-7-16/h2-4,6,9-10,12,16,20H,5,7-8,11,13-15H2,1H3,(H,26,30)(H,27,32,33)/t16?,20-,25-/m1/s1. The number of hydrogen-bond acceptors (Lipinski definition) is 4. The van der Waals surface area contributed by atoms with Gasteiger partial charge in [-0.05, 0) is 48.4 Å². The molecular formula is C25H28N4O4. The molecule has 0 radical (unpaired) electrons. The maximum absolute atomic E-state index is 13.0. The molecule has 2 aliphatic heterocycles. The quantitative estimate of drug-likeness (QED) is 0.689. The lowest BCUT2D eigenvalue weighted by molar-refractivity contribution is -0.142. The van der Waals surface area contributed by atoms with Gasteiger partial charge in [0, 0.05) is 38.0 Å². The van der Waals surface area contributed by atoms with Crippen molar-refractivity contribution < 1.29 is 19.2 Å². The van der Waals surface area contributed by atoms with Crippen molar-refractivity contribution in [2.75, 3.05) is 25.5 Å². The second-order valence-electron chi connectivity index (χ2n) is 9.46. The third-order valence-corrected chi connectivity index (χ3v) is 7.48. The summed E-state index contributed by atoms with van der Waals surface area (Å²) >= 11 is 0. The minimum atomic E-state index is -0.889. The van der Waals surface area contributed by atoms with Crippen molar-refractivity contribution in [2.45, 2.75) is 37.6 Å². The van der Waals surface area contributed by atoms with Crippen LogP contribution in [-0.4, -0.2) is 59.2 Å². The largest absolute Gasteiger partial charge is 0.333 e. The average molecular weight is 449 g/mol. The number of carbonyl (C=O) groups is 4. The van der Waals surface area contributed by atoms with E-state index in [9.17, 15) is 19.2 Å². The molecule has 0 aromatic heterocycles. The van der Waals surface area contributed by atoms with Gasteiger partial charge in [0.25, 0.3) is 5.91 Å². The number of anilines is 1. The van der Waals surface area contributed by atoms with E-state index >= 15 is 0 Å². The summed E-state index contributed by atoms with van der Waals surface area (Å²) in [5, 5.41) is 5.30. The molecule has 1 unspecified atom stereocenters. The van der Waals surface area contributed by atoms with Crippen LogP contribution in [0.25, 0.3) is 0 Å². The van der Waals surface area contributed by atoms with Gasteiger partial charge in [0.15, 0.2) is 0 Å². The van der Waals surface area contributed by atoms with Gasteiger partial charge in [-0.3, -0.25) is 19.7 Å². The van der Waals surface area contributed by atoms with Crippen LogP contribution in [0.3, 0.4) is 0 Å². The molecule has 0 bridgehead atoms. The number of carbonyl (C=O) groups excluding carboxylic acids is 4. The van der Waals surface area contributed by atoms with Crippen LogP contribution >= 0.6 is 0 Å². The molecule has 2 N–H and O–H groups in total. The summed E-state index contributed by atoms with van der Waals surface area (Å²) in [6, 6.07) is 5.19. The Balaban J connectivity index is 1.23. The third-order valence-electron chi connectivity index (χ3n) is 7.48. The predicted octanol–water partition coefficient (Wildman–Crippen LogP) is 2.01. The zero-order valence-corrected chi connectivity index (χ0v) is 18.7. The van der Waals surface area contributed by atoms with Gasteiger partial charge in [0.1, 0.15) is 5.54 Å². The Hall–Kier alpha value is -3.42. The normalized spacial score (nSPS) is 28.5. The summed E-state index contributed by atoms with van der Waals surface area (Å²) in [5.74, 6) is -0.325. The van der Waals surface area contributed by atoms with Crippen LogP contribution in [0.4, 0.5) is 10.5 Å². The molecular weight excluding hydrogens is 420 g/mol. The van der Waals surface area contributed by atoms with Gasteiger partial charge in [0.2, 0.25) is 11.8 Å². The van der Waals surface area contributed by atoms with Crippen LogP contribution in [0.5, 0.6) is 0 Å². The highest BCUT2D eigenvalue weighted by atomic mass is 16.2. The van der Waals surface area contributed by atoms with Gasteiger partial charge in [0.05, 0.1) is 6.54 Å². The number of rotatable bonds is 4.